The van der Waals surface area contributed by atoms with Crippen LogP contribution in [0.3, 0.4) is 0 Å². The fourth-order valence-electron chi connectivity index (χ4n) is 4.49. The van der Waals surface area contributed by atoms with Crippen molar-refractivity contribution < 1.29 is 4.74 Å². The Bertz CT molecular complexity index is 1400. The van der Waals surface area contributed by atoms with E-state index in [1.54, 1.807) is 0 Å². The van der Waals surface area contributed by atoms with Gasteiger partial charge in [0.05, 0.1) is 24.6 Å². The first-order valence-electron chi connectivity index (χ1n) is 11.8. The number of ether oxygens (including phenoxy) is 1. The Morgan fingerprint density at radius 2 is 1.83 bits per heavy atom. The van der Waals surface area contributed by atoms with Gasteiger partial charge in [-0.1, -0.05) is 54.6 Å². The van der Waals surface area contributed by atoms with Crippen molar-refractivity contribution in [1.82, 2.24) is 9.88 Å². The van der Waals surface area contributed by atoms with Gasteiger partial charge in [0, 0.05) is 54.2 Å². The predicted molar refractivity (Wildman–Crippen MR) is 143 cm³/mol. The highest BCUT2D eigenvalue weighted by Crippen LogP contribution is 2.30. The maximum atomic E-state index is 8.80. The number of pyridine rings is 1. The fraction of sp³-hybridized carbons (Fsp3) is 0.172. The standard InChI is InChI=1S/C29H29N5O/c30-27-9-8-22(26-18-33-17-23-6-1-2-7-24(23)26)16-25(27)29(32)28(31)15-20-4-3-5-21(14-20)19-34-10-12-35-13-11-34/h1-9,14-18,32H,10-13,19,30-31H2/b28-15-,32-29?. The summed E-state index contributed by atoms with van der Waals surface area (Å²) in [4.78, 5) is 6.78. The smallest absolute Gasteiger partial charge is 0.0862 e. The van der Waals surface area contributed by atoms with Gasteiger partial charge < -0.3 is 16.2 Å². The fourth-order valence-corrected chi connectivity index (χ4v) is 4.49. The van der Waals surface area contributed by atoms with Crippen molar-refractivity contribution in [2.45, 2.75) is 6.54 Å². The van der Waals surface area contributed by atoms with E-state index in [4.69, 9.17) is 21.6 Å². The van der Waals surface area contributed by atoms with Crippen LogP contribution in [0, 0.1) is 5.41 Å². The summed E-state index contributed by atoms with van der Waals surface area (Å²) in [6.07, 6.45) is 5.55. The zero-order valence-electron chi connectivity index (χ0n) is 19.6. The number of hydrogen-bond donors (Lipinski definition) is 3. The molecule has 0 radical (unpaired) electrons. The van der Waals surface area contributed by atoms with Crippen LogP contribution >= 0.6 is 0 Å². The largest absolute Gasteiger partial charge is 0.398 e. The van der Waals surface area contributed by atoms with Crippen molar-refractivity contribution in [3.8, 4) is 11.1 Å². The lowest BCUT2D eigenvalue weighted by Gasteiger charge is -2.26. The number of nitrogens with zero attached hydrogens (tertiary/aromatic N) is 2. The molecule has 6 nitrogen and oxygen atoms in total. The quantitative estimate of drug-likeness (QED) is 0.285. The maximum absolute atomic E-state index is 8.80. The van der Waals surface area contributed by atoms with E-state index in [0.717, 1.165) is 60.3 Å². The van der Waals surface area contributed by atoms with Gasteiger partial charge in [0.2, 0.25) is 0 Å². The highest BCUT2D eigenvalue weighted by atomic mass is 16.5. The molecule has 5 rings (SSSR count). The third-order valence-electron chi connectivity index (χ3n) is 6.37. The van der Waals surface area contributed by atoms with Crippen LogP contribution < -0.4 is 11.5 Å². The number of benzene rings is 3. The molecule has 0 bridgehead atoms. The third-order valence-corrected chi connectivity index (χ3v) is 6.37. The zero-order valence-corrected chi connectivity index (χ0v) is 19.6. The first kappa shape index (κ1) is 22.8. The Balaban J connectivity index is 1.42. The van der Waals surface area contributed by atoms with Crippen LogP contribution in [0.2, 0.25) is 0 Å². The highest BCUT2D eigenvalue weighted by molar-refractivity contribution is 6.16. The molecule has 1 saturated heterocycles. The molecule has 35 heavy (non-hydrogen) atoms. The van der Waals surface area contributed by atoms with Crippen molar-refractivity contribution >= 4 is 28.2 Å². The second-order valence-electron chi connectivity index (χ2n) is 8.82. The molecule has 0 aliphatic carbocycles. The number of nitrogens with one attached hydrogen (secondary N) is 1. The van der Waals surface area contributed by atoms with Gasteiger partial charge in [-0.15, -0.1) is 0 Å². The molecule has 1 aliphatic rings. The molecule has 2 heterocycles. The molecule has 0 unspecified atom stereocenters. The molecule has 0 saturated carbocycles. The van der Waals surface area contributed by atoms with Crippen LogP contribution in [0.5, 0.6) is 0 Å². The van der Waals surface area contributed by atoms with Gasteiger partial charge in [-0.05, 0) is 40.3 Å². The van der Waals surface area contributed by atoms with E-state index in [1.165, 1.54) is 5.56 Å². The maximum Gasteiger partial charge on any atom is 0.0862 e. The van der Waals surface area contributed by atoms with Crippen molar-refractivity contribution in [1.29, 1.82) is 5.41 Å². The number of nitrogens with two attached hydrogens (primary N) is 2. The molecule has 4 aromatic rings. The second kappa shape index (κ2) is 10.1. The van der Waals surface area contributed by atoms with Crippen LogP contribution in [-0.4, -0.2) is 41.9 Å². The lowest BCUT2D eigenvalue weighted by atomic mass is 9.96. The minimum atomic E-state index is 0.205. The zero-order chi connectivity index (χ0) is 24.2. The molecule has 0 spiro atoms. The van der Waals surface area contributed by atoms with Crippen molar-refractivity contribution in [3.63, 3.8) is 0 Å². The number of rotatable bonds is 6. The number of allylic oxidation sites excluding steroid dienone is 1. The molecular formula is C29H29N5O. The van der Waals surface area contributed by atoms with Gasteiger partial charge in [0.1, 0.15) is 0 Å². The summed E-state index contributed by atoms with van der Waals surface area (Å²) < 4.78 is 5.44. The summed E-state index contributed by atoms with van der Waals surface area (Å²) >= 11 is 0. The highest BCUT2D eigenvalue weighted by Gasteiger charge is 2.14. The molecule has 1 aliphatic heterocycles. The summed E-state index contributed by atoms with van der Waals surface area (Å²) in [5.74, 6) is 0. The average Bonchev–Trinajstić information content (AvgIpc) is 2.89. The molecule has 1 fully saturated rings. The molecule has 5 N–H and O–H groups in total. The van der Waals surface area contributed by atoms with Gasteiger partial charge in [0.15, 0.2) is 0 Å². The predicted octanol–water partition coefficient (Wildman–Crippen LogP) is 4.68. The van der Waals surface area contributed by atoms with E-state index in [1.807, 2.05) is 67.0 Å². The van der Waals surface area contributed by atoms with Crippen LogP contribution in [-0.2, 0) is 11.3 Å². The van der Waals surface area contributed by atoms with Crippen molar-refractivity contribution in [2.24, 2.45) is 5.73 Å². The summed E-state index contributed by atoms with van der Waals surface area (Å²) in [5.41, 5.74) is 18.5. The number of aromatic nitrogens is 1. The lowest BCUT2D eigenvalue weighted by molar-refractivity contribution is 0.0342. The van der Waals surface area contributed by atoms with Crippen LogP contribution in [0.4, 0.5) is 5.69 Å². The number of fused-ring (bicyclic) bond motifs is 1. The topological polar surface area (TPSA) is 101 Å². The molecule has 0 atom stereocenters. The summed E-state index contributed by atoms with van der Waals surface area (Å²) in [7, 11) is 0. The van der Waals surface area contributed by atoms with Gasteiger partial charge in [-0.25, -0.2) is 0 Å². The van der Waals surface area contributed by atoms with Crippen LogP contribution in [0.1, 0.15) is 16.7 Å². The normalized spacial score (nSPS) is 14.8. The number of nitrogen functional groups attached to an aromatic ring is 1. The Hall–Kier alpha value is -4.00. The minimum Gasteiger partial charge on any atom is -0.398 e. The minimum absolute atomic E-state index is 0.205. The molecular weight excluding hydrogens is 434 g/mol. The average molecular weight is 464 g/mol. The Labute approximate surface area is 205 Å². The van der Waals surface area contributed by atoms with Crippen molar-refractivity contribution in [3.05, 3.63) is 102 Å². The van der Waals surface area contributed by atoms with E-state index in [9.17, 15) is 0 Å². The van der Waals surface area contributed by atoms with Gasteiger partial charge in [-0.2, -0.15) is 0 Å². The molecule has 176 valence electrons. The first-order valence-corrected chi connectivity index (χ1v) is 11.8. The SMILES string of the molecule is N=C(/C(N)=C/c1cccc(CN2CCOCC2)c1)c1cc(-c2cncc3ccccc23)ccc1N. The second-order valence-corrected chi connectivity index (χ2v) is 8.82. The molecule has 6 heteroatoms. The number of anilines is 1. The monoisotopic (exact) mass is 463 g/mol. The Kier molecular flexibility index (Phi) is 6.57. The van der Waals surface area contributed by atoms with Crippen LogP contribution in [0.15, 0.2) is 84.8 Å². The van der Waals surface area contributed by atoms with E-state index >= 15 is 0 Å². The van der Waals surface area contributed by atoms with E-state index in [-0.39, 0.29) is 5.71 Å². The summed E-state index contributed by atoms with van der Waals surface area (Å²) in [6, 6.07) is 22.1. The Morgan fingerprint density at radius 3 is 2.69 bits per heavy atom. The number of morpholine rings is 1. The summed E-state index contributed by atoms with van der Waals surface area (Å²) in [6.45, 7) is 4.30. The van der Waals surface area contributed by atoms with Gasteiger partial charge in [-0.3, -0.25) is 15.3 Å². The van der Waals surface area contributed by atoms with Crippen LogP contribution in [0.25, 0.3) is 28.0 Å². The molecule has 0 amide bonds. The Morgan fingerprint density at radius 1 is 1.00 bits per heavy atom. The number of hydrogen-bond acceptors (Lipinski definition) is 6. The summed E-state index contributed by atoms with van der Waals surface area (Å²) in [5, 5.41) is 11.0. The van der Waals surface area contributed by atoms with E-state index in [2.05, 4.69) is 28.1 Å². The van der Waals surface area contributed by atoms with Gasteiger partial charge in [0.25, 0.3) is 0 Å². The third kappa shape index (κ3) is 5.09. The van der Waals surface area contributed by atoms with Gasteiger partial charge >= 0.3 is 0 Å². The van der Waals surface area contributed by atoms with E-state index in [0.29, 0.717) is 16.9 Å². The molecule has 1 aromatic heterocycles. The first-order chi connectivity index (χ1) is 17.1. The van der Waals surface area contributed by atoms with Crippen molar-refractivity contribution in [2.75, 3.05) is 32.0 Å². The van der Waals surface area contributed by atoms with E-state index < -0.39 is 0 Å². The molecule has 3 aromatic carbocycles. The lowest BCUT2D eigenvalue weighted by Crippen LogP contribution is -2.35.